The molecule has 3 aromatic carbocycles. The van der Waals surface area contributed by atoms with Gasteiger partial charge in [0.15, 0.2) is 5.75 Å². The number of carboxylic acids is 1. The molecule has 210 valence electrons. The van der Waals surface area contributed by atoms with Gasteiger partial charge in [0.1, 0.15) is 23.9 Å². The predicted molar refractivity (Wildman–Crippen MR) is 160 cm³/mol. The van der Waals surface area contributed by atoms with Gasteiger partial charge in [-0.15, -0.1) is 11.3 Å². The van der Waals surface area contributed by atoms with Crippen molar-refractivity contribution in [3.8, 4) is 33.4 Å². The summed E-state index contributed by atoms with van der Waals surface area (Å²) in [5, 5.41) is 19.8. The van der Waals surface area contributed by atoms with Gasteiger partial charge in [-0.3, -0.25) is 14.6 Å². The highest BCUT2D eigenvalue weighted by molar-refractivity contribution is 9.10. The maximum Gasteiger partial charge on any atom is 0.317 e. The van der Waals surface area contributed by atoms with Gasteiger partial charge in [0.05, 0.1) is 24.6 Å². The quantitative estimate of drug-likeness (QED) is 0.187. The molecule has 0 aliphatic carbocycles. The normalized spacial score (nSPS) is 14.4. The van der Waals surface area contributed by atoms with Crippen LogP contribution in [0.15, 0.2) is 71.2 Å². The Labute approximate surface area is 245 Å². The number of aliphatic carboxylic acids is 1. The van der Waals surface area contributed by atoms with Crippen LogP contribution in [0.4, 0.5) is 0 Å². The Morgan fingerprint density at radius 1 is 0.875 bits per heavy atom. The number of phenolic OH excluding ortho intramolecular Hbond substituents is 1. The van der Waals surface area contributed by atoms with Gasteiger partial charge in [0.25, 0.3) is 0 Å². The molecule has 40 heavy (non-hydrogen) atoms. The van der Waals surface area contributed by atoms with Crippen molar-refractivity contribution in [1.29, 1.82) is 0 Å². The van der Waals surface area contributed by atoms with Gasteiger partial charge in [-0.2, -0.15) is 0 Å². The van der Waals surface area contributed by atoms with E-state index in [2.05, 4.69) is 20.8 Å². The second kappa shape index (κ2) is 13.5. The third kappa shape index (κ3) is 7.52. The second-order valence-electron chi connectivity index (χ2n) is 9.49. The third-order valence-electron chi connectivity index (χ3n) is 6.65. The number of hydrogen-bond acceptors (Lipinski definition) is 8. The van der Waals surface area contributed by atoms with Crippen LogP contribution in [0.1, 0.15) is 0 Å². The first-order valence-corrected chi connectivity index (χ1v) is 14.7. The number of nitrogens with zero attached hydrogens (tertiary/aromatic N) is 2. The highest BCUT2D eigenvalue weighted by Gasteiger charge is 2.19. The smallest absolute Gasteiger partial charge is 0.317 e. The highest BCUT2D eigenvalue weighted by Crippen LogP contribution is 2.47. The number of rotatable bonds is 12. The van der Waals surface area contributed by atoms with Crippen LogP contribution in [0.25, 0.3) is 20.5 Å². The molecule has 1 aliphatic rings. The number of hydrogen-bond donors (Lipinski definition) is 2. The first kappa shape index (κ1) is 28.4. The Hall–Kier alpha value is -3.15. The van der Waals surface area contributed by atoms with Crippen LogP contribution in [-0.4, -0.2) is 85.1 Å². The summed E-state index contributed by atoms with van der Waals surface area (Å²) in [5.74, 6) is 1.64. The standard InChI is InChI=1S/C30H31BrN2O6S/c31-22-3-1-21(2-4-22)30-29(26-10-5-23(34)19-27(26)40-30)39-25-8-6-24(7-9-25)38-18-17-37-16-15-32-11-13-33(14-12-32)20-28(35)36/h1-10,19,34H,11-18,20H2,(H,35,36). The SMILES string of the molecule is O=C(O)CN1CCN(CCOCCOc2ccc(Oc3c(-c4ccc(Br)cc4)sc4cc(O)ccc34)cc2)CC1. The topological polar surface area (TPSA) is 91.7 Å². The molecule has 5 rings (SSSR count). The zero-order valence-corrected chi connectivity index (χ0v) is 24.3. The van der Waals surface area contributed by atoms with E-state index < -0.39 is 5.97 Å². The van der Waals surface area contributed by atoms with Crippen LogP contribution >= 0.6 is 27.3 Å². The van der Waals surface area contributed by atoms with Crippen LogP contribution in [0, 0.1) is 0 Å². The van der Waals surface area contributed by atoms with Crippen molar-refractivity contribution in [2.75, 3.05) is 59.1 Å². The minimum absolute atomic E-state index is 0.109. The van der Waals surface area contributed by atoms with Gasteiger partial charge in [-0.25, -0.2) is 0 Å². The van der Waals surface area contributed by atoms with E-state index in [4.69, 9.17) is 19.3 Å². The Kier molecular flexibility index (Phi) is 9.56. The Morgan fingerprint density at radius 2 is 1.57 bits per heavy atom. The molecule has 0 unspecified atom stereocenters. The van der Waals surface area contributed by atoms with Crippen molar-refractivity contribution >= 4 is 43.3 Å². The average Bonchev–Trinajstić information content (AvgIpc) is 3.29. The van der Waals surface area contributed by atoms with Crippen LogP contribution in [0.3, 0.4) is 0 Å². The highest BCUT2D eigenvalue weighted by atomic mass is 79.9. The molecule has 0 spiro atoms. The first-order chi connectivity index (χ1) is 19.4. The summed E-state index contributed by atoms with van der Waals surface area (Å²) in [5.41, 5.74) is 1.04. The lowest BCUT2D eigenvalue weighted by atomic mass is 10.1. The molecule has 2 heterocycles. The molecule has 1 fully saturated rings. The molecule has 1 saturated heterocycles. The number of aromatic hydroxyl groups is 1. The summed E-state index contributed by atoms with van der Waals surface area (Å²) in [4.78, 5) is 16.1. The van der Waals surface area contributed by atoms with Crippen molar-refractivity contribution < 1.29 is 29.2 Å². The fourth-order valence-electron chi connectivity index (χ4n) is 4.55. The lowest BCUT2D eigenvalue weighted by molar-refractivity contribution is -0.138. The van der Waals surface area contributed by atoms with Crippen molar-refractivity contribution in [2.24, 2.45) is 0 Å². The zero-order valence-electron chi connectivity index (χ0n) is 21.9. The monoisotopic (exact) mass is 626 g/mol. The van der Waals surface area contributed by atoms with E-state index in [1.165, 1.54) is 0 Å². The summed E-state index contributed by atoms with van der Waals surface area (Å²) in [7, 11) is 0. The lowest BCUT2D eigenvalue weighted by Crippen LogP contribution is -2.48. The Morgan fingerprint density at radius 3 is 2.30 bits per heavy atom. The molecule has 0 atom stereocenters. The second-order valence-corrected chi connectivity index (χ2v) is 11.5. The number of benzene rings is 3. The van der Waals surface area contributed by atoms with Crippen LogP contribution in [0.2, 0.25) is 0 Å². The summed E-state index contributed by atoms with van der Waals surface area (Å²) in [6.07, 6.45) is 0. The van der Waals surface area contributed by atoms with Crippen LogP contribution in [0.5, 0.6) is 23.0 Å². The molecule has 4 aromatic rings. The summed E-state index contributed by atoms with van der Waals surface area (Å²) in [6, 6.07) is 20.9. The zero-order chi connectivity index (χ0) is 27.9. The van der Waals surface area contributed by atoms with Gasteiger partial charge in [-0.05, 0) is 60.2 Å². The number of fused-ring (bicyclic) bond motifs is 1. The number of ether oxygens (including phenoxy) is 3. The Bertz CT molecular complexity index is 1420. The van der Waals surface area contributed by atoms with E-state index in [0.717, 1.165) is 69.2 Å². The maximum atomic E-state index is 10.8. The number of carboxylic acid groups (broad SMARTS) is 1. The molecule has 1 aliphatic heterocycles. The van der Waals surface area contributed by atoms with E-state index >= 15 is 0 Å². The maximum absolute atomic E-state index is 10.8. The van der Waals surface area contributed by atoms with E-state index in [1.54, 1.807) is 23.5 Å². The molecule has 0 saturated carbocycles. The van der Waals surface area contributed by atoms with E-state index in [-0.39, 0.29) is 12.3 Å². The van der Waals surface area contributed by atoms with Gasteiger partial charge in [-0.1, -0.05) is 28.1 Å². The van der Waals surface area contributed by atoms with Crippen molar-refractivity contribution in [3.05, 3.63) is 71.2 Å². The van der Waals surface area contributed by atoms with Gasteiger partial charge in [0, 0.05) is 47.3 Å². The van der Waals surface area contributed by atoms with Crippen LogP contribution < -0.4 is 9.47 Å². The van der Waals surface area contributed by atoms with Crippen molar-refractivity contribution in [1.82, 2.24) is 9.80 Å². The largest absolute Gasteiger partial charge is 0.508 e. The average molecular weight is 628 g/mol. The molecular formula is C30H31BrN2O6S. The van der Waals surface area contributed by atoms with E-state index in [1.807, 2.05) is 59.5 Å². The van der Waals surface area contributed by atoms with Crippen LogP contribution in [-0.2, 0) is 9.53 Å². The fraction of sp³-hybridized carbons (Fsp3) is 0.300. The number of halogens is 1. The predicted octanol–water partition coefficient (Wildman–Crippen LogP) is 5.93. The molecule has 0 bridgehead atoms. The van der Waals surface area contributed by atoms with E-state index in [0.29, 0.717) is 25.6 Å². The number of carbonyl (C=O) groups is 1. The van der Waals surface area contributed by atoms with Crippen molar-refractivity contribution in [3.63, 3.8) is 0 Å². The summed E-state index contributed by atoms with van der Waals surface area (Å²) < 4.78 is 19.9. The van der Waals surface area contributed by atoms with Gasteiger partial charge >= 0.3 is 5.97 Å². The summed E-state index contributed by atoms with van der Waals surface area (Å²) in [6.45, 7) is 5.73. The van der Waals surface area contributed by atoms with Crippen molar-refractivity contribution in [2.45, 2.75) is 0 Å². The first-order valence-electron chi connectivity index (χ1n) is 13.1. The lowest BCUT2D eigenvalue weighted by Gasteiger charge is -2.33. The number of piperazine rings is 1. The fourth-order valence-corrected chi connectivity index (χ4v) is 5.99. The minimum atomic E-state index is -0.775. The molecule has 10 heteroatoms. The molecular weight excluding hydrogens is 596 g/mol. The Balaban J connectivity index is 1.11. The third-order valence-corrected chi connectivity index (χ3v) is 8.36. The minimum Gasteiger partial charge on any atom is -0.508 e. The number of phenols is 1. The molecule has 8 nitrogen and oxygen atoms in total. The van der Waals surface area contributed by atoms with Gasteiger partial charge < -0.3 is 24.4 Å². The van der Waals surface area contributed by atoms with Gasteiger partial charge in [0.2, 0.25) is 0 Å². The molecule has 2 N–H and O–H groups in total. The molecule has 1 aromatic heterocycles. The number of thiophene rings is 1. The molecule has 0 amide bonds. The summed E-state index contributed by atoms with van der Waals surface area (Å²) >= 11 is 5.08. The molecule has 0 radical (unpaired) electrons. The van der Waals surface area contributed by atoms with E-state index in [9.17, 15) is 9.90 Å².